The maximum absolute atomic E-state index is 3.57. The topological polar surface area (TPSA) is 12.0 Å². The third-order valence-corrected chi connectivity index (χ3v) is 5.65. The molecule has 0 heterocycles. The van der Waals surface area contributed by atoms with E-state index >= 15 is 0 Å². The van der Waals surface area contributed by atoms with Crippen molar-refractivity contribution in [2.75, 3.05) is 13.1 Å². The molecule has 0 aliphatic heterocycles. The van der Waals surface area contributed by atoms with E-state index in [0.717, 1.165) is 23.2 Å². The van der Waals surface area contributed by atoms with Gasteiger partial charge in [0.15, 0.2) is 0 Å². The Morgan fingerprint density at radius 1 is 0.941 bits per heavy atom. The molecule has 4 bridgehead atoms. The predicted molar refractivity (Wildman–Crippen MR) is 73.0 cm³/mol. The molecule has 0 aromatic heterocycles. The van der Waals surface area contributed by atoms with E-state index in [1.807, 2.05) is 0 Å². The van der Waals surface area contributed by atoms with E-state index in [2.05, 4.69) is 12.2 Å². The average Bonchev–Trinajstić information content (AvgIpc) is 2.26. The van der Waals surface area contributed by atoms with Crippen molar-refractivity contribution in [1.82, 2.24) is 5.32 Å². The van der Waals surface area contributed by atoms with Gasteiger partial charge >= 0.3 is 0 Å². The van der Waals surface area contributed by atoms with Gasteiger partial charge in [-0.3, -0.25) is 0 Å². The molecule has 0 aromatic rings. The first-order valence-electron chi connectivity index (χ1n) is 8.00. The molecule has 0 radical (unpaired) electrons. The molecule has 0 spiro atoms. The van der Waals surface area contributed by atoms with Crippen LogP contribution in [0, 0.1) is 23.2 Å². The van der Waals surface area contributed by atoms with Gasteiger partial charge in [0.05, 0.1) is 0 Å². The summed E-state index contributed by atoms with van der Waals surface area (Å²) >= 11 is 0. The standard InChI is InChI=1S/C16H29N/c1-2-5-17-6-3-4-16-10-13-7-14(11-16)9-15(8-13)12-16/h13-15,17H,2-12H2,1H3. The second-order valence-electron chi connectivity index (χ2n) is 7.27. The molecule has 0 aromatic carbocycles. The van der Waals surface area contributed by atoms with E-state index in [9.17, 15) is 0 Å². The van der Waals surface area contributed by atoms with Gasteiger partial charge in [-0.1, -0.05) is 6.92 Å². The summed E-state index contributed by atoms with van der Waals surface area (Å²) in [6, 6.07) is 0. The normalized spacial score (nSPS) is 43.2. The fraction of sp³-hybridized carbons (Fsp3) is 1.00. The van der Waals surface area contributed by atoms with Crippen LogP contribution in [0.25, 0.3) is 0 Å². The summed E-state index contributed by atoms with van der Waals surface area (Å²) in [4.78, 5) is 0. The van der Waals surface area contributed by atoms with Crippen LogP contribution in [0.5, 0.6) is 0 Å². The lowest BCUT2D eigenvalue weighted by Gasteiger charge is -2.57. The second-order valence-corrected chi connectivity index (χ2v) is 7.27. The zero-order valence-corrected chi connectivity index (χ0v) is 11.5. The predicted octanol–water partition coefficient (Wildman–Crippen LogP) is 3.98. The van der Waals surface area contributed by atoms with Crippen LogP contribution in [-0.2, 0) is 0 Å². The van der Waals surface area contributed by atoms with E-state index in [1.54, 1.807) is 38.5 Å². The molecule has 4 aliphatic rings. The van der Waals surface area contributed by atoms with E-state index in [1.165, 1.54) is 32.4 Å². The van der Waals surface area contributed by atoms with Crippen molar-refractivity contribution < 1.29 is 0 Å². The molecule has 1 heteroatoms. The van der Waals surface area contributed by atoms with Crippen molar-refractivity contribution in [1.29, 1.82) is 0 Å². The van der Waals surface area contributed by atoms with E-state index in [4.69, 9.17) is 0 Å². The van der Waals surface area contributed by atoms with Crippen molar-refractivity contribution in [3.8, 4) is 0 Å². The highest BCUT2D eigenvalue weighted by molar-refractivity contribution is 5.01. The summed E-state index contributed by atoms with van der Waals surface area (Å²) in [7, 11) is 0. The van der Waals surface area contributed by atoms with Gasteiger partial charge in [0.1, 0.15) is 0 Å². The SMILES string of the molecule is CCCNCCCC12CC3CC(CC(C3)C1)C2. The van der Waals surface area contributed by atoms with E-state index < -0.39 is 0 Å². The Labute approximate surface area is 107 Å². The van der Waals surface area contributed by atoms with Gasteiger partial charge in [-0.25, -0.2) is 0 Å². The van der Waals surface area contributed by atoms with Crippen molar-refractivity contribution in [3.63, 3.8) is 0 Å². The molecule has 4 fully saturated rings. The molecule has 0 atom stereocenters. The second kappa shape index (κ2) is 4.91. The van der Waals surface area contributed by atoms with Crippen molar-refractivity contribution >= 4 is 0 Å². The number of hydrogen-bond donors (Lipinski definition) is 1. The molecule has 0 unspecified atom stereocenters. The highest BCUT2D eigenvalue weighted by Crippen LogP contribution is 2.61. The van der Waals surface area contributed by atoms with Crippen LogP contribution in [0.2, 0.25) is 0 Å². The minimum atomic E-state index is 0.808. The summed E-state index contributed by atoms with van der Waals surface area (Å²) < 4.78 is 0. The van der Waals surface area contributed by atoms with Gasteiger partial charge in [0, 0.05) is 0 Å². The Kier molecular flexibility index (Phi) is 3.47. The zero-order valence-electron chi connectivity index (χ0n) is 11.5. The van der Waals surface area contributed by atoms with Gasteiger partial charge in [-0.15, -0.1) is 0 Å². The highest BCUT2D eigenvalue weighted by atomic mass is 14.8. The summed E-state index contributed by atoms with van der Waals surface area (Å²) in [5, 5.41) is 3.57. The lowest BCUT2D eigenvalue weighted by atomic mass is 9.48. The molecule has 0 saturated heterocycles. The molecule has 98 valence electrons. The number of hydrogen-bond acceptors (Lipinski definition) is 1. The largest absolute Gasteiger partial charge is 0.317 e. The van der Waals surface area contributed by atoms with Crippen LogP contribution in [0.3, 0.4) is 0 Å². The smallest absolute Gasteiger partial charge is 0.00487 e. The molecule has 4 saturated carbocycles. The molecule has 1 N–H and O–H groups in total. The Bertz CT molecular complexity index is 223. The Hall–Kier alpha value is -0.0400. The first-order valence-corrected chi connectivity index (χ1v) is 8.00. The minimum Gasteiger partial charge on any atom is -0.317 e. The summed E-state index contributed by atoms with van der Waals surface area (Å²) in [6.45, 7) is 4.72. The van der Waals surface area contributed by atoms with Crippen LogP contribution >= 0.6 is 0 Å². The Morgan fingerprint density at radius 2 is 1.53 bits per heavy atom. The summed E-state index contributed by atoms with van der Waals surface area (Å²) in [5.41, 5.74) is 0.808. The van der Waals surface area contributed by atoms with Gasteiger partial charge in [-0.2, -0.15) is 0 Å². The van der Waals surface area contributed by atoms with Gasteiger partial charge in [0.25, 0.3) is 0 Å². The van der Waals surface area contributed by atoms with Crippen LogP contribution < -0.4 is 5.32 Å². The van der Waals surface area contributed by atoms with Crippen LogP contribution in [0.15, 0.2) is 0 Å². The lowest BCUT2D eigenvalue weighted by molar-refractivity contribution is -0.0579. The van der Waals surface area contributed by atoms with Gasteiger partial charge in [-0.05, 0) is 94.0 Å². The van der Waals surface area contributed by atoms with Crippen LogP contribution in [0.1, 0.15) is 64.7 Å². The third kappa shape index (κ3) is 2.54. The monoisotopic (exact) mass is 235 g/mol. The molecular weight excluding hydrogens is 206 g/mol. The molecule has 4 aliphatic carbocycles. The van der Waals surface area contributed by atoms with Crippen molar-refractivity contribution in [3.05, 3.63) is 0 Å². The fourth-order valence-electron chi connectivity index (χ4n) is 5.49. The summed E-state index contributed by atoms with van der Waals surface area (Å²) in [5.74, 6) is 3.39. The molecule has 1 nitrogen and oxygen atoms in total. The molecule has 4 rings (SSSR count). The molecule has 0 amide bonds. The highest BCUT2D eigenvalue weighted by Gasteiger charge is 2.50. The molecule has 17 heavy (non-hydrogen) atoms. The third-order valence-electron chi connectivity index (χ3n) is 5.65. The Balaban J connectivity index is 1.49. The number of rotatable bonds is 6. The van der Waals surface area contributed by atoms with E-state index in [-0.39, 0.29) is 0 Å². The average molecular weight is 235 g/mol. The van der Waals surface area contributed by atoms with Crippen molar-refractivity contribution in [2.24, 2.45) is 23.2 Å². The summed E-state index contributed by atoms with van der Waals surface area (Å²) in [6.07, 6.45) is 13.8. The Morgan fingerprint density at radius 3 is 2.06 bits per heavy atom. The van der Waals surface area contributed by atoms with Crippen molar-refractivity contribution in [2.45, 2.75) is 64.7 Å². The van der Waals surface area contributed by atoms with Gasteiger partial charge in [0.2, 0.25) is 0 Å². The lowest BCUT2D eigenvalue weighted by Crippen LogP contribution is -2.46. The fourth-order valence-corrected chi connectivity index (χ4v) is 5.49. The quantitative estimate of drug-likeness (QED) is 0.687. The molecular formula is C16H29N. The van der Waals surface area contributed by atoms with E-state index in [0.29, 0.717) is 0 Å². The number of nitrogens with one attached hydrogen (secondary N) is 1. The van der Waals surface area contributed by atoms with Crippen LogP contribution in [-0.4, -0.2) is 13.1 Å². The minimum absolute atomic E-state index is 0.808. The maximum Gasteiger partial charge on any atom is -0.00487 e. The zero-order chi connectivity index (χ0) is 11.7. The first kappa shape index (κ1) is 12.0. The first-order chi connectivity index (χ1) is 8.30. The maximum atomic E-state index is 3.57. The van der Waals surface area contributed by atoms with Gasteiger partial charge < -0.3 is 5.32 Å². The van der Waals surface area contributed by atoms with Crippen LogP contribution in [0.4, 0.5) is 0 Å².